The average molecular weight is 206 g/mol. The minimum Gasteiger partial charge on any atom is -0.466 e. The van der Waals surface area contributed by atoms with Crippen molar-refractivity contribution in [2.45, 2.75) is 27.2 Å². The monoisotopic (exact) mass is 206 g/mol. The number of ether oxygens (including phenoxy) is 1. The molecule has 0 aromatic carbocycles. The van der Waals surface area contributed by atoms with Crippen molar-refractivity contribution >= 4 is 5.97 Å². The van der Waals surface area contributed by atoms with E-state index in [1.807, 2.05) is 26.0 Å². The Morgan fingerprint density at radius 1 is 1.47 bits per heavy atom. The van der Waals surface area contributed by atoms with Crippen LogP contribution in [0.3, 0.4) is 0 Å². The lowest BCUT2D eigenvalue weighted by molar-refractivity contribution is -0.136. The molecule has 2 heteroatoms. The maximum Gasteiger partial charge on any atom is 0.334 e. The third-order valence-electron chi connectivity index (χ3n) is 2.44. The first-order valence-electron chi connectivity index (χ1n) is 5.15. The number of rotatable bonds is 2. The van der Waals surface area contributed by atoms with E-state index in [0.717, 1.165) is 12.0 Å². The second-order valence-electron chi connectivity index (χ2n) is 4.18. The van der Waals surface area contributed by atoms with Gasteiger partial charge in [-0.2, -0.15) is 0 Å². The molecule has 1 aliphatic rings. The summed E-state index contributed by atoms with van der Waals surface area (Å²) in [7, 11) is 1.42. The van der Waals surface area contributed by atoms with Gasteiger partial charge in [0.1, 0.15) is 0 Å². The fourth-order valence-electron chi connectivity index (χ4n) is 1.77. The largest absolute Gasteiger partial charge is 0.466 e. The van der Waals surface area contributed by atoms with Crippen LogP contribution in [-0.4, -0.2) is 13.1 Å². The summed E-state index contributed by atoms with van der Waals surface area (Å²) in [6.07, 6.45) is 6.89. The topological polar surface area (TPSA) is 26.3 Å². The minimum atomic E-state index is -0.221. The van der Waals surface area contributed by atoms with Crippen LogP contribution in [0.4, 0.5) is 0 Å². The molecule has 15 heavy (non-hydrogen) atoms. The number of methoxy groups -OCH3 is 1. The highest BCUT2D eigenvalue weighted by Crippen LogP contribution is 2.27. The van der Waals surface area contributed by atoms with E-state index in [1.54, 1.807) is 0 Å². The van der Waals surface area contributed by atoms with Crippen LogP contribution in [0.1, 0.15) is 27.2 Å². The molecule has 0 amide bonds. The van der Waals surface area contributed by atoms with Crippen LogP contribution in [0.5, 0.6) is 0 Å². The Hall–Kier alpha value is -1.31. The van der Waals surface area contributed by atoms with E-state index < -0.39 is 0 Å². The Bertz CT molecular complexity index is 342. The van der Waals surface area contributed by atoms with Gasteiger partial charge in [0, 0.05) is 11.5 Å². The molecule has 0 radical (unpaired) electrons. The molecule has 0 heterocycles. The number of carbonyl (C=O) groups excluding carboxylic acids is 1. The zero-order valence-electron chi connectivity index (χ0n) is 9.83. The Kier molecular flexibility index (Phi) is 3.89. The standard InChI is InChI=1S/C13H18O2/c1-9(2)7-11-8-10(3)5-6-12(11)13(14)15-4/h5-7,11H,8H2,1-4H3. The third-order valence-corrected chi connectivity index (χ3v) is 2.44. The summed E-state index contributed by atoms with van der Waals surface area (Å²) in [5.41, 5.74) is 3.28. The SMILES string of the molecule is COC(=O)C1=CC=C(C)CC1C=C(C)C. The molecule has 0 N–H and O–H groups in total. The van der Waals surface area contributed by atoms with Crippen molar-refractivity contribution in [3.63, 3.8) is 0 Å². The van der Waals surface area contributed by atoms with Gasteiger partial charge in [-0.1, -0.05) is 29.4 Å². The van der Waals surface area contributed by atoms with Crippen LogP contribution in [0, 0.1) is 5.92 Å². The van der Waals surface area contributed by atoms with Crippen molar-refractivity contribution in [1.82, 2.24) is 0 Å². The predicted octanol–water partition coefficient (Wildman–Crippen LogP) is 3.02. The van der Waals surface area contributed by atoms with E-state index in [-0.39, 0.29) is 11.9 Å². The zero-order valence-corrected chi connectivity index (χ0v) is 9.83. The smallest absolute Gasteiger partial charge is 0.334 e. The lowest BCUT2D eigenvalue weighted by atomic mass is 9.86. The Labute approximate surface area is 91.3 Å². The van der Waals surface area contributed by atoms with Gasteiger partial charge >= 0.3 is 5.97 Å². The molecule has 0 spiro atoms. The van der Waals surface area contributed by atoms with E-state index in [9.17, 15) is 4.79 Å². The molecule has 1 unspecified atom stereocenters. The highest BCUT2D eigenvalue weighted by molar-refractivity contribution is 5.90. The lowest BCUT2D eigenvalue weighted by Crippen LogP contribution is -2.16. The lowest BCUT2D eigenvalue weighted by Gasteiger charge is -2.19. The minimum absolute atomic E-state index is 0.174. The third kappa shape index (κ3) is 3.08. The molecule has 0 fully saturated rings. The normalized spacial score (nSPS) is 20.1. The summed E-state index contributed by atoms with van der Waals surface area (Å²) < 4.78 is 4.77. The number of carbonyl (C=O) groups is 1. The van der Waals surface area contributed by atoms with Crippen molar-refractivity contribution in [3.05, 3.63) is 34.9 Å². The molecule has 1 atom stereocenters. The van der Waals surface area contributed by atoms with Crippen LogP contribution >= 0.6 is 0 Å². The maximum absolute atomic E-state index is 11.5. The summed E-state index contributed by atoms with van der Waals surface area (Å²) in [6.45, 7) is 6.17. The molecule has 0 saturated heterocycles. The number of hydrogen-bond donors (Lipinski definition) is 0. The second-order valence-corrected chi connectivity index (χ2v) is 4.18. The van der Waals surface area contributed by atoms with E-state index in [2.05, 4.69) is 13.0 Å². The van der Waals surface area contributed by atoms with Gasteiger partial charge < -0.3 is 4.74 Å². The van der Waals surface area contributed by atoms with Gasteiger partial charge in [-0.25, -0.2) is 4.79 Å². The number of allylic oxidation sites excluding steroid dienone is 5. The van der Waals surface area contributed by atoms with Gasteiger partial charge in [0.2, 0.25) is 0 Å². The van der Waals surface area contributed by atoms with Gasteiger partial charge in [0.25, 0.3) is 0 Å². The fraction of sp³-hybridized carbons (Fsp3) is 0.462. The zero-order chi connectivity index (χ0) is 11.4. The van der Waals surface area contributed by atoms with Crippen molar-refractivity contribution in [2.24, 2.45) is 5.92 Å². The highest BCUT2D eigenvalue weighted by Gasteiger charge is 2.21. The summed E-state index contributed by atoms with van der Waals surface area (Å²) in [5.74, 6) is -0.0475. The van der Waals surface area contributed by atoms with Crippen molar-refractivity contribution in [1.29, 1.82) is 0 Å². The van der Waals surface area contributed by atoms with E-state index in [1.165, 1.54) is 18.3 Å². The quantitative estimate of drug-likeness (QED) is 0.513. The number of esters is 1. The van der Waals surface area contributed by atoms with Crippen molar-refractivity contribution in [3.8, 4) is 0 Å². The Morgan fingerprint density at radius 2 is 2.13 bits per heavy atom. The molecule has 82 valence electrons. The van der Waals surface area contributed by atoms with Gasteiger partial charge in [0.05, 0.1) is 7.11 Å². The molecule has 0 aromatic rings. The van der Waals surface area contributed by atoms with Crippen LogP contribution in [0.2, 0.25) is 0 Å². The van der Waals surface area contributed by atoms with Gasteiger partial charge in [-0.05, 0) is 27.2 Å². The predicted molar refractivity (Wildman–Crippen MR) is 61.4 cm³/mol. The van der Waals surface area contributed by atoms with Crippen LogP contribution in [0.25, 0.3) is 0 Å². The molecule has 2 nitrogen and oxygen atoms in total. The van der Waals surface area contributed by atoms with Crippen LogP contribution < -0.4 is 0 Å². The maximum atomic E-state index is 11.5. The summed E-state index contributed by atoms with van der Waals surface area (Å²) in [4.78, 5) is 11.5. The van der Waals surface area contributed by atoms with Gasteiger partial charge in [-0.3, -0.25) is 0 Å². The fourth-order valence-corrected chi connectivity index (χ4v) is 1.77. The summed E-state index contributed by atoms with van der Waals surface area (Å²) in [5, 5.41) is 0. The van der Waals surface area contributed by atoms with Crippen LogP contribution in [0.15, 0.2) is 34.9 Å². The van der Waals surface area contributed by atoms with E-state index in [4.69, 9.17) is 4.74 Å². The first kappa shape index (κ1) is 11.8. The summed E-state index contributed by atoms with van der Waals surface area (Å²) in [6, 6.07) is 0. The van der Waals surface area contributed by atoms with Gasteiger partial charge in [-0.15, -0.1) is 0 Å². The first-order valence-corrected chi connectivity index (χ1v) is 5.15. The molecule has 0 aromatic heterocycles. The van der Waals surface area contributed by atoms with Crippen molar-refractivity contribution < 1.29 is 9.53 Å². The molecular weight excluding hydrogens is 188 g/mol. The second kappa shape index (κ2) is 4.96. The average Bonchev–Trinajstić information content (AvgIpc) is 2.16. The van der Waals surface area contributed by atoms with Crippen LogP contribution in [-0.2, 0) is 9.53 Å². The number of hydrogen-bond acceptors (Lipinski definition) is 2. The van der Waals surface area contributed by atoms with Gasteiger partial charge in [0.15, 0.2) is 0 Å². The van der Waals surface area contributed by atoms with E-state index in [0.29, 0.717) is 0 Å². The van der Waals surface area contributed by atoms with Crippen molar-refractivity contribution in [2.75, 3.05) is 7.11 Å². The molecule has 0 saturated carbocycles. The molecule has 1 aliphatic carbocycles. The molecule has 0 aliphatic heterocycles. The Balaban J connectivity index is 2.97. The highest BCUT2D eigenvalue weighted by atomic mass is 16.5. The van der Waals surface area contributed by atoms with E-state index >= 15 is 0 Å². The summed E-state index contributed by atoms with van der Waals surface area (Å²) >= 11 is 0. The first-order chi connectivity index (χ1) is 7.04. The molecule has 1 rings (SSSR count). The molecular formula is C13H18O2. The molecule has 0 bridgehead atoms. The Morgan fingerprint density at radius 3 is 2.67 bits per heavy atom.